The first-order chi connectivity index (χ1) is 16.7. The van der Waals surface area contributed by atoms with Crippen LogP contribution in [-0.2, 0) is 17.4 Å². The summed E-state index contributed by atoms with van der Waals surface area (Å²) in [7, 11) is 0. The van der Waals surface area contributed by atoms with Crippen LogP contribution in [-0.4, -0.2) is 11.1 Å². The van der Waals surface area contributed by atoms with Gasteiger partial charge in [-0.3, -0.25) is 0 Å². The van der Waals surface area contributed by atoms with E-state index in [4.69, 9.17) is 16.7 Å². The molecule has 4 rings (SSSR count). The lowest BCUT2D eigenvalue weighted by atomic mass is 9.86. The monoisotopic (exact) mass is 494 g/mol. The van der Waals surface area contributed by atoms with Gasteiger partial charge in [-0.25, -0.2) is 4.79 Å². The summed E-state index contributed by atoms with van der Waals surface area (Å²) in [6, 6.07) is 19.0. The first-order valence-electron chi connectivity index (χ1n) is 11.1. The molecule has 35 heavy (non-hydrogen) atoms. The Morgan fingerprint density at radius 3 is 2.37 bits per heavy atom. The van der Waals surface area contributed by atoms with E-state index >= 15 is 0 Å². The molecule has 3 aromatic carbocycles. The van der Waals surface area contributed by atoms with Crippen LogP contribution in [0.3, 0.4) is 0 Å². The number of allylic oxidation sites excluding steroid dienone is 3. The Morgan fingerprint density at radius 2 is 1.77 bits per heavy atom. The third-order valence-electron chi connectivity index (χ3n) is 5.98. The molecule has 1 aliphatic rings. The van der Waals surface area contributed by atoms with E-state index in [-0.39, 0.29) is 5.02 Å². The Morgan fingerprint density at radius 1 is 1.06 bits per heavy atom. The number of carboxylic acid groups (broad SMARTS) is 1. The fraction of sp³-hybridized carbons (Fsp3) is 0.138. The van der Waals surface area contributed by atoms with Crippen LogP contribution in [0.2, 0.25) is 5.02 Å². The van der Waals surface area contributed by atoms with Crippen molar-refractivity contribution in [3.05, 3.63) is 117 Å². The topological polar surface area (TPSA) is 37.3 Å². The van der Waals surface area contributed by atoms with Crippen molar-refractivity contribution >= 4 is 40.9 Å². The van der Waals surface area contributed by atoms with Crippen LogP contribution in [0.5, 0.6) is 0 Å². The van der Waals surface area contributed by atoms with Crippen molar-refractivity contribution in [3.8, 4) is 0 Å². The van der Waals surface area contributed by atoms with Gasteiger partial charge >= 0.3 is 12.1 Å². The Labute approximate surface area is 206 Å². The zero-order chi connectivity index (χ0) is 25.2. The number of rotatable bonds is 6. The van der Waals surface area contributed by atoms with E-state index in [9.17, 15) is 18.0 Å². The van der Waals surface area contributed by atoms with E-state index in [0.29, 0.717) is 18.4 Å². The number of carboxylic acids is 1. The molecule has 178 valence electrons. The second-order valence-electron chi connectivity index (χ2n) is 8.24. The van der Waals surface area contributed by atoms with Crippen molar-refractivity contribution in [1.29, 1.82) is 0 Å². The SMILES string of the molecule is CC/C(=C(\C1=Cc2ccccc2C1)c1ccc(/C=C/C(=O)O)cc1)c1ccc(C(F)(F)F)cc1Cl. The van der Waals surface area contributed by atoms with Crippen LogP contribution in [0, 0.1) is 0 Å². The number of fused-ring (bicyclic) bond motifs is 1. The lowest BCUT2D eigenvalue weighted by molar-refractivity contribution is -0.137. The van der Waals surface area contributed by atoms with Crippen molar-refractivity contribution < 1.29 is 23.1 Å². The maximum absolute atomic E-state index is 13.2. The Bertz CT molecular complexity index is 1360. The molecule has 0 atom stereocenters. The van der Waals surface area contributed by atoms with Gasteiger partial charge in [-0.05, 0) is 75.6 Å². The van der Waals surface area contributed by atoms with Gasteiger partial charge in [-0.15, -0.1) is 0 Å². The first kappa shape index (κ1) is 24.6. The summed E-state index contributed by atoms with van der Waals surface area (Å²) in [5.41, 5.74) is 6.47. The summed E-state index contributed by atoms with van der Waals surface area (Å²) in [6.07, 6.45) is 1.45. The quantitative estimate of drug-likeness (QED) is 0.276. The normalized spacial score (nSPS) is 14.0. The summed E-state index contributed by atoms with van der Waals surface area (Å²) in [5, 5.41) is 8.94. The van der Waals surface area contributed by atoms with Crippen molar-refractivity contribution in [2.45, 2.75) is 25.9 Å². The molecule has 0 spiro atoms. The van der Waals surface area contributed by atoms with Crippen LogP contribution < -0.4 is 0 Å². The number of carbonyl (C=O) groups is 1. The average Bonchev–Trinajstić information content (AvgIpc) is 3.25. The van der Waals surface area contributed by atoms with E-state index in [2.05, 4.69) is 12.1 Å². The van der Waals surface area contributed by atoms with Crippen molar-refractivity contribution in [3.63, 3.8) is 0 Å². The predicted octanol–water partition coefficient (Wildman–Crippen LogP) is 8.42. The third-order valence-corrected chi connectivity index (χ3v) is 6.29. The molecule has 0 saturated heterocycles. The smallest absolute Gasteiger partial charge is 0.416 e. The number of benzene rings is 3. The van der Waals surface area contributed by atoms with Crippen LogP contribution in [0.25, 0.3) is 23.3 Å². The molecule has 1 aliphatic carbocycles. The molecule has 3 aromatic rings. The first-order valence-corrected chi connectivity index (χ1v) is 11.5. The van der Waals surface area contributed by atoms with E-state index in [1.807, 2.05) is 49.4 Å². The van der Waals surface area contributed by atoms with Crippen LogP contribution in [0.1, 0.15) is 46.7 Å². The second-order valence-corrected chi connectivity index (χ2v) is 8.65. The minimum Gasteiger partial charge on any atom is -0.478 e. The Balaban J connectivity index is 1.88. The number of halogens is 4. The van der Waals surface area contributed by atoms with Gasteiger partial charge in [0.2, 0.25) is 0 Å². The molecule has 0 aliphatic heterocycles. The fourth-order valence-corrected chi connectivity index (χ4v) is 4.65. The maximum atomic E-state index is 13.2. The lowest BCUT2D eigenvalue weighted by Gasteiger charge is -2.19. The second kappa shape index (κ2) is 9.96. The Hall–Kier alpha value is -3.57. The van der Waals surface area contributed by atoms with Gasteiger partial charge in [0.15, 0.2) is 0 Å². The van der Waals surface area contributed by atoms with E-state index in [1.165, 1.54) is 17.7 Å². The highest BCUT2D eigenvalue weighted by atomic mass is 35.5. The number of aliphatic carboxylic acids is 1. The highest BCUT2D eigenvalue weighted by molar-refractivity contribution is 6.33. The van der Waals surface area contributed by atoms with Gasteiger partial charge in [0, 0.05) is 11.1 Å². The molecule has 0 aromatic heterocycles. The maximum Gasteiger partial charge on any atom is 0.416 e. The minimum atomic E-state index is -4.48. The highest BCUT2D eigenvalue weighted by Gasteiger charge is 2.31. The van der Waals surface area contributed by atoms with Crippen molar-refractivity contribution in [1.82, 2.24) is 0 Å². The highest BCUT2D eigenvalue weighted by Crippen LogP contribution is 2.43. The summed E-state index contributed by atoms with van der Waals surface area (Å²) in [6.45, 7) is 1.95. The third kappa shape index (κ3) is 5.41. The molecule has 0 radical (unpaired) electrons. The average molecular weight is 495 g/mol. The van der Waals surface area contributed by atoms with Crippen molar-refractivity contribution in [2.24, 2.45) is 0 Å². The molecule has 0 bridgehead atoms. The molecule has 0 heterocycles. The summed E-state index contributed by atoms with van der Waals surface area (Å²) in [4.78, 5) is 10.8. The Kier molecular flexibility index (Phi) is 6.99. The standard InChI is InChI=1S/C29H22ClF3O2/c1-2-24(25-13-12-23(17-26(25)30)29(31,32)33)28(22-15-20-5-3-4-6-21(20)16-22)19-10-7-18(8-11-19)9-14-27(34)35/h3-15,17H,2,16H2,1H3,(H,34,35)/b14-9+,28-24+. The lowest BCUT2D eigenvalue weighted by Crippen LogP contribution is -2.05. The van der Waals surface area contributed by atoms with Crippen LogP contribution >= 0.6 is 11.6 Å². The zero-order valence-electron chi connectivity index (χ0n) is 18.9. The van der Waals surface area contributed by atoms with Gasteiger partial charge in [0.25, 0.3) is 0 Å². The molecule has 0 unspecified atom stereocenters. The molecule has 0 amide bonds. The van der Waals surface area contributed by atoms with Crippen LogP contribution in [0.4, 0.5) is 13.2 Å². The summed E-state index contributed by atoms with van der Waals surface area (Å²) < 4.78 is 39.7. The van der Waals surface area contributed by atoms with E-state index < -0.39 is 17.7 Å². The zero-order valence-corrected chi connectivity index (χ0v) is 19.6. The van der Waals surface area contributed by atoms with Gasteiger partial charge in [0.05, 0.1) is 5.56 Å². The van der Waals surface area contributed by atoms with Gasteiger partial charge < -0.3 is 5.11 Å². The van der Waals surface area contributed by atoms with Gasteiger partial charge in [0.1, 0.15) is 0 Å². The molecule has 2 nitrogen and oxygen atoms in total. The summed E-state index contributed by atoms with van der Waals surface area (Å²) >= 11 is 6.41. The fourth-order valence-electron chi connectivity index (χ4n) is 4.36. The molecule has 0 saturated carbocycles. The summed E-state index contributed by atoms with van der Waals surface area (Å²) in [5.74, 6) is -1.03. The molecular formula is C29H22ClF3O2. The van der Waals surface area contributed by atoms with Crippen LogP contribution in [0.15, 0.2) is 78.4 Å². The number of alkyl halides is 3. The predicted molar refractivity (Wildman–Crippen MR) is 135 cm³/mol. The number of hydrogen-bond acceptors (Lipinski definition) is 1. The van der Waals surface area contributed by atoms with Gasteiger partial charge in [-0.1, -0.05) is 79.2 Å². The minimum absolute atomic E-state index is 0.0475. The molecule has 6 heteroatoms. The largest absolute Gasteiger partial charge is 0.478 e. The van der Waals surface area contributed by atoms with E-state index in [0.717, 1.165) is 51.6 Å². The van der Waals surface area contributed by atoms with Crippen molar-refractivity contribution in [2.75, 3.05) is 0 Å². The van der Waals surface area contributed by atoms with E-state index in [1.54, 1.807) is 0 Å². The van der Waals surface area contributed by atoms with Gasteiger partial charge in [-0.2, -0.15) is 13.2 Å². The number of hydrogen-bond donors (Lipinski definition) is 1. The molecular weight excluding hydrogens is 473 g/mol. The molecule has 1 N–H and O–H groups in total. The molecule has 0 fully saturated rings.